The van der Waals surface area contributed by atoms with Gasteiger partial charge < -0.3 is 93.0 Å². The van der Waals surface area contributed by atoms with E-state index >= 15 is 0 Å². The second-order valence-corrected chi connectivity index (χ2v) is 24.7. The Morgan fingerprint density at radius 1 is 0.541 bits per heavy atom. The Bertz CT molecular complexity index is 1970. The molecule has 9 fully saturated rings. The van der Waals surface area contributed by atoms with Gasteiger partial charge in [-0.2, -0.15) is 0 Å². The first-order chi connectivity index (χ1) is 35.0. The predicted molar refractivity (Wildman–Crippen MR) is 257 cm³/mol. The number of rotatable bonds is 11. The molecule has 0 aromatic carbocycles. The van der Waals surface area contributed by atoms with Crippen LogP contribution < -0.4 is 0 Å². The van der Waals surface area contributed by atoms with Gasteiger partial charge in [-0.05, 0) is 127 Å². The van der Waals surface area contributed by atoms with E-state index in [1.807, 2.05) is 20.8 Å². The summed E-state index contributed by atoms with van der Waals surface area (Å²) in [5.74, 6) is 0.798. The minimum atomic E-state index is -1.61. The van der Waals surface area contributed by atoms with E-state index in [2.05, 4.69) is 13.8 Å². The average Bonchev–Trinajstić information content (AvgIpc) is 3.94. The lowest BCUT2D eigenvalue weighted by Crippen LogP contribution is -2.63. The Morgan fingerprint density at radius 3 is 1.78 bits per heavy atom. The molecule has 20 nitrogen and oxygen atoms in total. The van der Waals surface area contributed by atoms with Gasteiger partial charge in [0.1, 0.15) is 55.4 Å². The number of carbonyl (C=O) groups excluding carboxylic acids is 1. The monoisotopic (exact) mass is 1050 g/mol. The molecule has 422 valence electrons. The van der Waals surface area contributed by atoms with Gasteiger partial charge in [-0.25, -0.2) is 4.79 Å². The highest BCUT2D eigenvalue weighted by Gasteiger charge is 2.68. The molecule has 4 saturated carbocycles. The molecule has 5 saturated heterocycles. The third-order valence-corrected chi connectivity index (χ3v) is 20.5. The van der Waals surface area contributed by atoms with Gasteiger partial charge in [0.25, 0.3) is 0 Å². The number of cyclic esters (lactones) is 1. The van der Waals surface area contributed by atoms with Crippen molar-refractivity contribution in [3.63, 3.8) is 0 Å². The summed E-state index contributed by atoms with van der Waals surface area (Å²) in [4.78, 5) is 12.0. The summed E-state index contributed by atoms with van der Waals surface area (Å²) >= 11 is 0. The maximum atomic E-state index is 12.6. The highest BCUT2D eigenvalue weighted by atomic mass is 16.8. The van der Waals surface area contributed by atoms with Crippen LogP contribution in [0.5, 0.6) is 0 Å². The van der Waals surface area contributed by atoms with Crippen molar-refractivity contribution in [3.8, 4) is 0 Å². The average molecular weight is 1060 g/mol. The van der Waals surface area contributed by atoms with Crippen molar-refractivity contribution in [1.29, 1.82) is 0 Å². The zero-order valence-electron chi connectivity index (χ0n) is 44.3. The molecular weight excluding hydrogens is 969 g/mol. The second kappa shape index (κ2) is 21.5. The molecular formula is C54H86O20. The van der Waals surface area contributed by atoms with Crippen molar-refractivity contribution in [2.24, 2.45) is 40.4 Å². The van der Waals surface area contributed by atoms with Crippen LogP contribution in [-0.2, 0) is 56.9 Å². The van der Waals surface area contributed by atoms with Crippen LogP contribution in [0.1, 0.15) is 132 Å². The lowest BCUT2D eigenvalue weighted by atomic mass is 9.43. The lowest BCUT2D eigenvalue weighted by Gasteiger charge is -2.64. The lowest BCUT2D eigenvalue weighted by molar-refractivity contribution is -0.365. The van der Waals surface area contributed by atoms with Gasteiger partial charge in [-0.1, -0.05) is 20.8 Å². The molecule has 0 aromatic heterocycles. The number of hydrogen-bond acceptors (Lipinski definition) is 20. The van der Waals surface area contributed by atoms with Gasteiger partial charge >= 0.3 is 5.97 Å². The molecule has 0 spiro atoms. The molecule has 74 heavy (non-hydrogen) atoms. The standard InChI is InChI=1S/C54H86O20/c1-23-24(2)65-41(21-37(23)71-50-46(62)44(60)49(28(6)69-50)74-51-45(61)43(59)42(58)25(3)68-51)73-48-27(5)67-40(20-36(48)56)72-47-26(4)66-39(19-35(47)55)70-31-11-14-52(7)30(18-31)9-10-34-33(52)12-15-53(8)32(13-16-54(34,53)63)29-17-38(57)64-22-29/h17,23-28,30-37,39-51,55-56,58-63H,9-16,18-22H2,1-8H3/t23?,24?,25?,26?,27?,28?,30-,31+,32-,33+,34-,35?,36?,37?,39?,40?,41?,42+,43?,44?,45-,46-,47?,48?,49-,50?,51?,52+,53-,54+/m1/s1. The molecule has 0 radical (unpaired) electrons. The van der Waals surface area contributed by atoms with Gasteiger partial charge in [0.05, 0.1) is 60.5 Å². The quantitative estimate of drug-likeness (QED) is 0.109. The largest absolute Gasteiger partial charge is 0.458 e. The Balaban J connectivity index is 0.679. The third kappa shape index (κ3) is 10.1. The van der Waals surface area contributed by atoms with E-state index in [1.165, 1.54) is 6.92 Å². The summed E-state index contributed by atoms with van der Waals surface area (Å²) in [6, 6.07) is 0. The van der Waals surface area contributed by atoms with Crippen molar-refractivity contribution in [2.75, 3.05) is 6.61 Å². The first kappa shape index (κ1) is 55.8. The summed E-state index contributed by atoms with van der Waals surface area (Å²) < 4.78 is 67.3. The van der Waals surface area contributed by atoms with E-state index in [1.54, 1.807) is 19.9 Å². The molecule has 10 rings (SSSR count). The Labute approximate surface area is 434 Å². The van der Waals surface area contributed by atoms with E-state index < -0.39 is 129 Å². The van der Waals surface area contributed by atoms with E-state index in [0.29, 0.717) is 18.4 Å². The zero-order chi connectivity index (χ0) is 52.9. The molecule has 20 heteroatoms. The summed E-state index contributed by atoms with van der Waals surface area (Å²) in [7, 11) is 0. The van der Waals surface area contributed by atoms with Crippen LogP contribution in [0.2, 0.25) is 0 Å². The van der Waals surface area contributed by atoms with Gasteiger partial charge in [0.2, 0.25) is 0 Å². The van der Waals surface area contributed by atoms with Gasteiger partial charge in [-0.3, -0.25) is 0 Å². The van der Waals surface area contributed by atoms with Crippen LogP contribution in [0.3, 0.4) is 0 Å². The van der Waals surface area contributed by atoms with Gasteiger partial charge in [-0.15, -0.1) is 0 Å². The number of ether oxygens (including phenoxy) is 11. The number of esters is 1. The number of aliphatic hydroxyl groups is 8. The van der Waals surface area contributed by atoms with E-state index in [4.69, 9.17) is 52.1 Å². The van der Waals surface area contributed by atoms with Crippen LogP contribution in [0.4, 0.5) is 0 Å². The van der Waals surface area contributed by atoms with Crippen molar-refractivity contribution >= 4 is 5.97 Å². The molecule has 0 aromatic rings. The van der Waals surface area contributed by atoms with Crippen molar-refractivity contribution in [2.45, 2.75) is 273 Å². The highest BCUT2D eigenvalue weighted by Crippen LogP contribution is 2.70. The molecule has 30 atom stereocenters. The minimum Gasteiger partial charge on any atom is -0.458 e. The fraction of sp³-hybridized carbons (Fsp3) is 0.944. The third-order valence-electron chi connectivity index (χ3n) is 20.5. The molecule has 18 unspecified atom stereocenters. The second-order valence-electron chi connectivity index (χ2n) is 24.7. The smallest absolute Gasteiger partial charge is 0.331 e. The molecule has 6 heterocycles. The van der Waals surface area contributed by atoms with E-state index in [-0.39, 0.29) is 66.0 Å². The van der Waals surface area contributed by atoms with Gasteiger partial charge in [0.15, 0.2) is 31.5 Å². The molecule has 0 amide bonds. The summed E-state index contributed by atoms with van der Waals surface area (Å²) in [5, 5.41) is 88.8. The van der Waals surface area contributed by atoms with Crippen LogP contribution in [-0.4, -0.2) is 194 Å². The number of carbonyl (C=O) groups is 1. The number of aliphatic hydroxyl groups excluding tert-OH is 7. The van der Waals surface area contributed by atoms with Crippen LogP contribution >= 0.6 is 0 Å². The molecule has 10 aliphatic rings. The Kier molecular flexibility index (Phi) is 16.2. The maximum Gasteiger partial charge on any atom is 0.331 e. The molecule has 4 aliphatic carbocycles. The van der Waals surface area contributed by atoms with Crippen LogP contribution in [0, 0.1) is 40.4 Å². The topological polar surface area (TPSA) is 280 Å². The van der Waals surface area contributed by atoms with Crippen molar-refractivity contribution in [1.82, 2.24) is 0 Å². The highest BCUT2D eigenvalue weighted by molar-refractivity contribution is 5.85. The zero-order valence-corrected chi connectivity index (χ0v) is 44.3. The normalized spacial score (nSPS) is 55.9. The molecule has 8 N–H and O–H groups in total. The van der Waals surface area contributed by atoms with Crippen LogP contribution in [0.15, 0.2) is 11.6 Å². The molecule has 6 aliphatic heterocycles. The minimum absolute atomic E-state index is 0.0176. The molecule has 0 bridgehead atoms. The first-order valence-corrected chi connectivity index (χ1v) is 27.9. The Morgan fingerprint density at radius 2 is 1.14 bits per heavy atom. The van der Waals surface area contributed by atoms with E-state index in [9.17, 15) is 45.6 Å². The summed E-state index contributed by atoms with van der Waals surface area (Å²) in [6.45, 7) is 15.6. The first-order valence-electron chi connectivity index (χ1n) is 27.9. The maximum absolute atomic E-state index is 12.6. The fourth-order valence-electron chi connectivity index (χ4n) is 15.8. The summed E-state index contributed by atoms with van der Waals surface area (Å²) in [5.41, 5.74) is 0.107. The van der Waals surface area contributed by atoms with Crippen LogP contribution in [0.25, 0.3) is 0 Å². The number of hydrogen-bond donors (Lipinski definition) is 8. The van der Waals surface area contributed by atoms with Crippen molar-refractivity contribution in [3.05, 3.63) is 11.6 Å². The predicted octanol–water partition coefficient (Wildman–Crippen LogP) is 2.23. The SMILES string of the molecule is CC1OC(OC2C(O)CC(OC3C(O)CC(O[C@H]4CC[C@@]5(C)[C@H](CC[C@@H]6[C@@H]5CC[C@]5(C)[C@@H](C7=CC(=O)OC7)CC[C@]65O)C4)OC3C)OC2C)CC(OC2OC(C)[C@@H](OC3OC(C)[C@H](O)C(O)[C@H]3O)C(O)[C@H]2O)C1C. The summed E-state index contributed by atoms with van der Waals surface area (Å²) in [6.07, 6.45) is -10.6. The Hall–Kier alpha value is -1.51. The van der Waals surface area contributed by atoms with E-state index in [0.717, 1.165) is 63.4 Å². The fourth-order valence-corrected chi connectivity index (χ4v) is 15.8. The number of fused-ring (bicyclic) bond motifs is 5. The van der Waals surface area contributed by atoms with Gasteiger partial charge in [0, 0.05) is 36.7 Å². The van der Waals surface area contributed by atoms with Crippen molar-refractivity contribution < 1.29 is 97.8 Å².